The zero-order chi connectivity index (χ0) is 26.2. The van der Waals surface area contributed by atoms with Gasteiger partial charge in [-0.3, -0.25) is 4.79 Å². The van der Waals surface area contributed by atoms with Gasteiger partial charge in [-0.25, -0.2) is 0 Å². The summed E-state index contributed by atoms with van der Waals surface area (Å²) in [5.41, 5.74) is -3.81. The standard InChI is InChI=1S/C25H28F6N2O2/c1-16(2)21-15-18(7-12-22(34)32-13-5-4-6-14-32)17(3)33(21)20-10-8-19(9-11-20)23(35,24(26,27)28)25(29,30)31/h7-12,15-16,35H,4-6,13-14H2,1-3H3/b12-7+. The summed E-state index contributed by atoms with van der Waals surface area (Å²) in [6.07, 6.45) is -5.72. The molecule has 1 aromatic carbocycles. The molecule has 4 nitrogen and oxygen atoms in total. The lowest BCUT2D eigenvalue weighted by molar-refractivity contribution is -0.376. The van der Waals surface area contributed by atoms with Crippen LogP contribution in [-0.2, 0) is 10.4 Å². The van der Waals surface area contributed by atoms with Crippen LogP contribution in [0, 0.1) is 6.92 Å². The molecule has 0 bridgehead atoms. The van der Waals surface area contributed by atoms with E-state index >= 15 is 0 Å². The SMILES string of the molecule is Cc1c(/C=C/C(=O)N2CCCCC2)cc(C(C)C)n1-c1ccc(C(O)(C(F)(F)F)C(F)(F)F)cc1. The van der Waals surface area contributed by atoms with Gasteiger partial charge in [-0.05, 0) is 61.9 Å². The van der Waals surface area contributed by atoms with Crippen LogP contribution in [0.2, 0.25) is 0 Å². The van der Waals surface area contributed by atoms with Gasteiger partial charge in [0.15, 0.2) is 0 Å². The molecule has 0 saturated carbocycles. The van der Waals surface area contributed by atoms with Crippen LogP contribution in [0.5, 0.6) is 0 Å². The number of aliphatic hydroxyl groups is 1. The normalized spacial score (nSPS) is 15.9. The molecule has 1 aromatic heterocycles. The quantitative estimate of drug-likeness (QED) is 0.388. The number of alkyl halides is 6. The van der Waals surface area contributed by atoms with Gasteiger partial charge in [0.05, 0.1) is 0 Å². The first kappa shape index (κ1) is 26.8. The Balaban J connectivity index is 1.98. The van der Waals surface area contributed by atoms with E-state index in [1.165, 1.54) is 6.08 Å². The maximum Gasteiger partial charge on any atom is 0.430 e. The summed E-state index contributed by atoms with van der Waals surface area (Å²) < 4.78 is 81.0. The maximum atomic E-state index is 13.2. The predicted molar refractivity (Wildman–Crippen MR) is 120 cm³/mol. The van der Waals surface area contributed by atoms with Crippen LogP contribution in [0.1, 0.15) is 61.5 Å². The van der Waals surface area contributed by atoms with Crippen molar-refractivity contribution in [1.82, 2.24) is 9.47 Å². The smallest absolute Gasteiger partial charge is 0.369 e. The van der Waals surface area contributed by atoms with Crippen LogP contribution in [0.3, 0.4) is 0 Å². The zero-order valence-electron chi connectivity index (χ0n) is 19.7. The van der Waals surface area contributed by atoms with Gasteiger partial charge in [0.1, 0.15) is 0 Å². The number of hydrogen-bond acceptors (Lipinski definition) is 2. The van der Waals surface area contributed by atoms with Gasteiger partial charge in [-0.2, -0.15) is 26.3 Å². The number of nitrogens with zero attached hydrogens (tertiary/aromatic N) is 2. The fourth-order valence-corrected chi connectivity index (χ4v) is 4.31. The Kier molecular flexibility index (Phi) is 7.45. The first-order valence-corrected chi connectivity index (χ1v) is 11.3. The predicted octanol–water partition coefficient (Wildman–Crippen LogP) is 6.25. The second kappa shape index (κ2) is 9.72. The summed E-state index contributed by atoms with van der Waals surface area (Å²) in [5, 5.41) is 9.65. The number of rotatable bonds is 5. The third kappa shape index (κ3) is 5.12. The minimum atomic E-state index is -5.95. The Labute approximate surface area is 199 Å². The average Bonchev–Trinajstić information content (AvgIpc) is 3.12. The van der Waals surface area contributed by atoms with Crippen molar-refractivity contribution in [1.29, 1.82) is 0 Å². The first-order valence-electron chi connectivity index (χ1n) is 11.3. The van der Waals surface area contributed by atoms with Crippen LogP contribution in [-0.4, -0.2) is 45.9 Å². The van der Waals surface area contributed by atoms with Crippen LogP contribution in [0.4, 0.5) is 26.3 Å². The number of hydrogen-bond donors (Lipinski definition) is 1. The highest BCUT2D eigenvalue weighted by atomic mass is 19.4. The molecular weight excluding hydrogens is 474 g/mol. The van der Waals surface area contributed by atoms with Gasteiger partial charge in [-0.15, -0.1) is 0 Å². The number of piperidine rings is 1. The minimum Gasteiger partial charge on any atom is -0.369 e. The molecular formula is C25H28F6N2O2. The zero-order valence-corrected chi connectivity index (χ0v) is 19.7. The monoisotopic (exact) mass is 502 g/mol. The highest BCUT2D eigenvalue weighted by Gasteiger charge is 2.71. The van der Waals surface area contributed by atoms with Gasteiger partial charge in [0, 0.05) is 41.8 Å². The van der Waals surface area contributed by atoms with E-state index in [2.05, 4.69) is 0 Å². The molecule has 1 aliphatic heterocycles. The van der Waals surface area contributed by atoms with E-state index in [0.29, 0.717) is 42.2 Å². The Morgan fingerprint density at radius 3 is 2.00 bits per heavy atom. The van der Waals surface area contributed by atoms with E-state index in [-0.39, 0.29) is 11.8 Å². The van der Waals surface area contributed by atoms with Crippen LogP contribution >= 0.6 is 0 Å². The van der Waals surface area contributed by atoms with Crippen molar-refractivity contribution in [2.45, 2.75) is 63.9 Å². The molecule has 3 rings (SSSR count). The highest BCUT2D eigenvalue weighted by molar-refractivity contribution is 5.92. The van der Waals surface area contributed by atoms with Crippen molar-refractivity contribution in [2.24, 2.45) is 0 Å². The summed E-state index contributed by atoms with van der Waals surface area (Å²) in [7, 11) is 0. The molecule has 1 saturated heterocycles. The van der Waals surface area contributed by atoms with Crippen LogP contribution in [0.25, 0.3) is 11.8 Å². The average molecular weight is 502 g/mol. The molecule has 1 fully saturated rings. The largest absolute Gasteiger partial charge is 0.430 e. The lowest BCUT2D eigenvalue weighted by Crippen LogP contribution is -2.53. The Bertz CT molecular complexity index is 1060. The topological polar surface area (TPSA) is 45.5 Å². The van der Waals surface area contributed by atoms with E-state index < -0.39 is 23.5 Å². The van der Waals surface area contributed by atoms with Crippen molar-refractivity contribution in [3.63, 3.8) is 0 Å². The summed E-state index contributed by atoms with van der Waals surface area (Å²) in [6.45, 7) is 6.96. The minimum absolute atomic E-state index is 0.0318. The number of carbonyl (C=O) groups is 1. The van der Waals surface area contributed by atoms with Gasteiger partial charge < -0.3 is 14.6 Å². The van der Waals surface area contributed by atoms with Crippen LogP contribution in [0.15, 0.2) is 36.4 Å². The lowest BCUT2D eigenvalue weighted by Gasteiger charge is -2.32. The first-order chi connectivity index (χ1) is 16.2. The number of carbonyl (C=O) groups excluding carboxylic acids is 1. The van der Waals surface area contributed by atoms with Gasteiger partial charge in [-0.1, -0.05) is 26.0 Å². The third-order valence-corrected chi connectivity index (χ3v) is 6.34. The number of benzene rings is 1. The molecule has 1 aliphatic rings. The summed E-state index contributed by atoms with van der Waals surface area (Å²) in [4.78, 5) is 14.3. The number of amides is 1. The number of likely N-dealkylation sites (tertiary alicyclic amines) is 1. The van der Waals surface area contributed by atoms with E-state index in [1.54, 1.807) is 22.5 Å². The molecule has 1 amide bonds. The Hall–Kier alpha value is -2.75. The van der Waals surface area contributed by atoms with Crippen molar-refractivity contribution >= 4 is 12.0 Å². The molecule has 0 atom stereocenters. The summed E-state index contributed by atoms with van der Waals surface area (Å²) in [6, 6.07) is 5.34. The third-order valence-electron chi connectivity index (χ3n) is 6.34. The molecule has 0 unspecified atom stereocenters. The maximum absolute atomic E-state index is 13.2. The van der Waals surface area contributed by atoms with Crippen molar-refractivity contribution in [3.05, 3.63) is 58.9 Å². The van der Waals surface area contributed by atoms with E-state index in [9.17, 15) is 36.2 Å². The fraction of sp³-hybridized carbons (Fsp3) is 0.480. The van der Waals surface area contributed by atoms with Gasteiger partial charge in [0.2, 0.25) is 5.91 Å². The van der Waals surface area contributed by atoms with Crippen molar-refractivity contribution < 1.29 is 36.2 Å². The number of halogens is 6. The molecule has 192 valence electrons. The van der Waals surface area contributed by atoms with E-state index in [4.69, 9.17) is 0 Å². The molecule has 2 aromatic rings. The lowest BCUT2D eigenvalue weighted by atomic mass is 9.92. The molecule has 10 heteroatoms. The van der Waals surface area contributed by atoms with Crippen LogP contribution < -0.4 is 0 Å². The number of aromatic nitrogens is 1. The molecule has 0 radical (unpaired) electrons. The highest BCUT2D eigenvalue weighted by Crippen LogP contribution is 2.50. The molecule has 35 heavy (non-hydrogen) atoms. The summed E-state index contributed by atoms with van der Waals surface area (Å²) >= 11 is 0. The second-order valence-electron chi connectivity index (χ2n) is 9.07. The second-order valence-corrected chi connectivity index (χ2v) is 9.07. The molecule has 0 spiro atoms. The van der Waals surface area contributed by atoms with Gasteiger partial charge >= 0.3 is 12.4 Å². The van der Waals surface area contributed by atoms with E-state index in [0.717, 1.165) is 37.1 Å². The van der Waals surface area contributed by atoms with Gasteiger partial charge in [0.25, 0.3) is 5.60 Å². The molecule has 0 aliphatic carbocycles. The molecule has 1 N–H and O–H groups in total. The fourth-order valence-electron chi connectivity index (χ4n) is 4.31. The Morgan fingerprint density at radius 2 is 1.51 bits per heavy atom. The Morgan fingerprint density at radius 1 is 0.971 bits per heavy atom. The summed E-state index contributed by atoms with van der Waals surface area (Å²) in [5.74, 6) is -0.138. The van der Waals surface area contributed by atoms with Crippen molar-refractivity contribution in [2.75, 3.05) is 13.1 Å². The van der Waals surface area contributed by atoms with Crippen molar-refractivity contribution in [3.8, 4) is 5.69 Å². The molecule has 2 heterocycles. The van der Waals surface area contributed by atoms with E-state index in [1.807, 2.05) is 19.9 Å².